The molecule has 1 aromatic carbocycles. The lowest BCUT2D eigenvalue weighted by Gasteiger charge is -2.33. The van der Waals surface area contributed by atoms with E-state index in [1.807, 2.05) is 12.1 Å². The average molecular weight is 506 g/mol. The second-order valence-corrected chi connectivity index (χ2v) is 10.5. The smallest absolute Gasteiger partial charge is 0.475 e. The Morgan fingerprint density at radius 1 is 1.24 bits per heavy atom. The van der Waals surface area contributed by atoms with Gasteiger partial charge in [0.05, 0.1) is 34.7 Å². The second-order valence-electron chi connectivity index (χ2n) is 7.92. The molecule has 1 amide bonds. The van der Waals surface area contributed by atoms with Gasteiger partial charge >= 0.3 is 12.1 Å². The molecule has 2 rings (SSSR count). The minimum absolute atomic E-state index is 0.104. The number of carbonyl (C=O) groups is 2. The topological polar surface area (TPSA) is 165 Å². The van der Waals surface area contributed by atoms with Gasteiger partial charge in [0.15, 0.2) is 9.84 Å². The number of halogens is 4. The molecule has 14 heteroatoms. The van der Waals surface area contributed by atoms with Gasteiger partial charge in [-0.2, -0.15) is 23.7 Å². The molecule has 3 N–H and O–H groups in total. The predicted octanol–water partition coefficient (Wildman–Crippen LogP) is 1.67. The van der Waals surface area contributed by atoms with Gasteiger partial charge in [0.25, 0.3) is 0 Å². The van der Waals surface area contributed by atoms with Crippen LogP contribution in [0.1, 0.15) is 31.4 Å². The lowest BCUT2D eigenvalue weighted by molar-refractivity contribution is -0.192. The minimum Gasteiger partial charge on any atom is -0.475 e. The normalized spacial score (nSPS) is 19.3. The van der Waals surface area contributed by atoms with E-state index in [2.05, 4.69) is 0 Å². The molecule has 0 aliphatic carbocycles. The largest absolute Gasteiger partial charge is 0.490 e. The van der Waals surface area contributed by atoms with Crippen LogP contribution in [0.15, 0.2) is 24.3 Å². The highest BCUT2D eigenvalue weighted by atomic mass is 32.2. The first kappa shape index (κ1) is 28.8. The van der Waals surface area contributed by atoms with Gasteiger partial charge in [-0.3, -0.25) is 4.79 Å². The average Bonchev–Trinajstić information content (AvgIpc) is 3.13. The molecule has 0 aromatic heterocycles. The van der Waals surface area contributed by atoms with Crippen molar-refractivity contribution in [3.8, 4) is 12.1 Å². The number of hydrogen-bond acceptors (Lipinski definition) is 7. The van der Waals surface area contributed by atoms with E-state index in [-0.39, 0.29) is 18.7 Å². The number of alkyl halides is 4. The highest BCUT2D eigenvalue weighted by Gasteiger charge is 2.47. The summed E-state index contributed by atoms with van der Waals surface area (Å²) < 4.78 is 69.5. The van der Waals surface area contributed by atoms with Crippen LogP contribution >= 0.6 is 0 Å². The van der Waals surface area contributed by atoms with E-state index in [4.69, 9.17) is 26.2 Å². The molecule has 0 saturated carbocycles. The maximum atomic E-state index is 13.6. The Kier molecular flexibility index (Phi) is 9.15. The Labute approximate surface area is 193 Å². The molecule has 0 unspecified atom stereocenters. The van der Waals surface area contributed by atoms with Crippen molar-refractivity contribution in [3.05, 3.63) is 35.4 Å². The quantitative estimate of drug-likeness (QED) is 0.569. The monoisotopic (exact) mass is 506 g/mol. The molecule has 0 radical (unpaired) electrons. The number of carbonyl (C=O) groups excluding carboxylic acids is 1. The van der Waals surface area contributed by atoms with Gasteiger partial charge in [0.1, 0.15) is 18.3 Å². The molecule has 34 heavy (non-hydrogen) atoms. The molecule has 0 bridgehead atoms. The third kappa shape index (κ3) is 6.88. The van der Waals surface area contributed by atoms with Gasteiger partial charge in [-0.25, -0.2) is 17.6 Å². The Morgan fingerprint density at radius 3 is 2.15 bits per heavy atom. The standard InChI is InChI=1S/C18H21FN4O3S.C2HF3O2/c1-18(2,16(22)17(24)23-10-14(19)7-15(23)9-21)27(25,26)11-13-5-3-12(8-20)4-6-13;3-2(4,5)1(6)7/h3-6,14-16H,7,10-11,22H2,1-2H3;(H,6,7)/t14-,15-,16+;/m0./s1. The first-order valence-electron chi connectivity index (χ1n) is 9.59. The molecule has 1 aliphatic rings. The van der Waals surface area contributed by atoms with Crippen LogP contribution in [0, 0.1) is 22.7 Å². The number of benzene rings is 1. The summed E-state index contributed by atoms with van der Waals surface area (Å²) in [7, 11) is -3.88. The SMILES string of the molecule is CC(C)([C@H](N)C(=O)N1C[C@@H](F)C[C@H]1C#N)S(=O)(=O)Cc1ccc(C#N)cc1.O=C(O)C(F)(F)F. The number of hydrogen-bond donors (Lipinski definition) is 2. The number of nitriles is 2. The van der Waals surface area contributed by atoms with Crippen molar-refractivity contribution >= 4 is 21.7 Å². The van der Waals surface area contributed by atoms with Crippen molar-refractivity contribution in [2.45, 2.75) is 55.2 Å². The van der Waals surface area contributed by atoms with Crippen LogP contribution in [0.5, 0.6) is 0 Å². The molecular formula is C20H22F4N4O5S. The second kappa shape index (κ2) is 10.8. The molecular weight excluding hydrogens is 484 g/mol. The zero-order chi connectivity index (χ0) is 26.5. The Balaban J connectivity index is 0.000000718. The summed E-state index contributed by atoms with van der Waals surface area (Å²) >= 11 is 0. The summed E-state index contributed by atoms with van der Waals surface area (Å²) in [5.41, 5.74) is 6.84. The van der Waals surface area contributed by atoms with Crippen molar-refractivity contribution in [2.75, 3.05) is 6.54 Å². The fourth-order valence-electron chi connectivity index (χ4n) is 2.90. The third-order valence-corrected chi connectivity index (χ3v) is 7.75. The van der Waals surface area contributed by atoms with E-state index in [1.54, 1.807) is 0 Å². The number of carboxylic acids is 1. The predicted molar refractivity (Wildman–Crippen MR) is 110 cm³/mol. The van der Waals surface area contributed by atoms with E-state index in [0.717, 1.165) is 4.90 Å². The fraction of sp³-hybridized carbons (Fsp3) is 0.500. The van der Waals surface area contributed by atoms with Crippen molar-refractivity contribution in [1.82, 2.24) is 4.90 Å². The fourth-order valence-corrected chi connectivity index (χ4v) is 4.39. The van der Waals surface area contributed by atoms with Gasteiger partial charge < -0.3 is 15.7 Å². The van der Waals surface area contributed by atoms with E-state index in [1.165, 1.54) is 38.1 Å². The first-order valence-corrected chi connectivity index (χ1v) is 11.2. The number of nitrogens with two attached hydrogens (primary N) is 1. The van der Waals surface area contributed by atoms with Crippen molar-refractivity contribution in [3.63, 3.8) is 0 Å². The number of nitrogens with zero attached hydrogens (tertiary/aromatic N) is 3. The summed E-state index contributed by atoms with van der Waals surface area (Å²) in [6, 6.07) is 7.48. The Morgan fingerprint density at radius 2 is 1.74 bits per heavy atom. The number of rotatable bonds is 5. The number of likely N-dealkylation sites (tertiary alicyclic amines) is 1. The number of sulfone groups is 1. The molecule has 1 fully saturated rings. The molecule has 186 valence electrons. The van der Waals surface area contributed by atoms with Gasteiger partial charge in [-0.05, 0) is 31.5 Å². The summed E-state index contributed by atoms with van der Waals surface area (Å²) in [5.74, 6) is -3.87. The van der Waals surface area contributed by atoms with Gasteiger partial charge in [-0.15, -0.1) is 0 Å². The van der Waals surface area contributed by atoms with E-state index >= 15 is 0 Å². The lowest BCUT2D eigenvalue weighted by Crippen LogP contribution is -2.59. The van der Waals surface area contributed by atoms with E-state index < -0.39 is 50.9 Å². The van der Waals surface area contributed by atoms with Crippen LogP contribution in [0.2, 0.25) is 0 Å². The van der Waals surface area contributed by atoms with Gasteiger partial charge in [0.2, 0.25) is 5.91 Å². The molecule has 1 aromatic rings. The maximum Gasteiger partial charge on any atom is 0.490 e. The van der Waals surface area contributed by atoms with Crippen molar-refractivity contribution in [1.29, 1.82) is 10.5 Å². The van der Waals surface area contributed by atoms with Crippen molar-refractivity contribution in [2.24, 2.45) is 5.73 Å². The summed E-state index contributed by atoms with van der Waals surface area (Å²) in [6.07, 6.45) is -6.52. The van der Waals surface area contributed by atoms with E-state index in [0.29, 0.717) is 11.1 Å². The Hall–Kier alpha value is -3.23. The van der Waals surface area contributed by atoms with Crippen LogP contribution in [-0.2, 0) is 25.2 Å². The van der Waals surface area contributed by atoms with Gasteiger partial charge in [0, 0.05) is 6.42 Å². The van der Waals surface area contributed by atoms with E-state index in [9.17, 15) is 30.8 Å². The first-order chi connectivity index (χ1) is 15.5. The highest BCUT2D eigenvalue weighted by molar-refractivity contribution is 7.92. The zero-order valence-electron chi connectivity index (χ0n) is 18.1. The highest BCUT2D eigenvalue weighted by Crippen LogP contribution is 2.28. The van der Waals surface area contributed by atoms with Crippen LogP contribution in [0.4, 0.5) is 17.6 Å². The van der Waals surface area contributed by atoms with Crippen LogP contribution in [0.25, 0.3) is 0 Å². The number of aliphatic carboxylic acids is 1. The van der Waals surface area contributed by atoms with Crippen LogP contribution in [0.3, 0.4) is 0 Å². The summed E-state index contributed by atoms with van der Waals surface area (Å²) in [6.45, 7) is 2.42. The lowest BCUT2D eigenvalue weighted by atomic mass is 10.0. The molecule has 0 spiro atoms. The number of amides is 1. The summed E-state index contributed by atoms with van der Waals surface area (Å²) in [5, 5.41) is 25.0. The molecule has 1 aliphatic heterocycles. The molecule has 9 nitrogen and oxygen atoms in total. The molecule has 1 heterocycles. The Bertz CT molecular complexity index is 1090. The third-order valence-electron chi connectivity index (χ3n) is 5.18. The van der Waals surface area contributed by atoms with Gasteiger partial charge in [-0.1, -0.05) is 12.1 Å². The number of carboxylic acid groups (broad SMARTS) is 1. The van der Waals surface area contributed by atoms with Crippen LogP contribution in [-0.4, -0.2) is 66.0 Å². The summed E-state index contributed by atoms with van der Waals surface area (Å²) in [4.78, 5) is 22.6. The molecule has 1 saturated heterocycles. The van der Waals surface area contributed by atoms with Crippen molar-refractivity contribution < 1.29 is 40.7 Å². The maximum absolute atomic E-state index is 13.6. The minimum atomic E-state index is -5.08. The zero-order valence-corrected chi connectivity index (χ0v) is 18.9. The van der Waals surface area contributed by atoms with Crippen LogP contribution < -0.4 is 5.73 Å². The molecule has 3 atom stereocenters.